The molecule has 3 unspecified atom stereocenters. The Morgan fingerprint density at radius 1 is 1.12 bits per heavy atom. The van der Waals surface area contributed by atoms with Crippen molar-refractivity contribution in [1.82, 2.24) is 10.2 Å². The Morgan fingerprint density at radius 2 is 1.88 bits per heavy atom. The molecule has 1 saturated heterocycles. The molecule has 1 aliphatic heterocycles. The second kappa shape index (κ2) is 7.60. The standard InChI is InChI=1S/C14H28N2.ClH/c1-12-6-3-4-7-13(12)10-16-9-5-8-14(11-16)15-2;/h12-15H,3-11H2,1-2H3;1H. The van der Waals surface area contributed by atoms with E-state index in [1.54, 1.807) is 0 Å². The summed E-state index contributed by atoms with van der Waals surface area (Å²) in [5.74, 6) is 1.94. The minimum absolute atomic E-state index is 0. The van der Waals surface area contributed by atoms with E-state index in [0.717, 1.165) is 17.9 Å². The van der Waals surface area contributed by atoms with Crippen LogP contribution in [-0.2, 0) is 0 Å². The first-order valence-electron chi connectivity index (χ1n) is 7.19. The zero-order valence-corrected chi connectivity index (χ0v) is 12.3. The minimum Gasteiger partial charge on any atom is -0.316 e. The molecule has 2 rings (SSSR count). The molecule has 102 valence electrons. The third-order valence-electron chi connectivity index (χ3n) is 4.70. The summed E-state index contributed by atoms with van der Waals surface area (Å²) in [5, 5.41) is 3.44. The van der Waals surface area contributed by atoms with Gasteiger partial charge in [0.05, 0.1) is 0 Å². The van der Waals surface area contributed by atoms with Gasteiger partial charge in [-0.3, -0.25) is 0 Å². The van der Waals surface area contributed by atoms with Crippen molar-refractivity contribution in [1.29, 1.82) is 0 Å². The SMILES string of the molecule is CNC1CCCN(CC2CCCCC2C)C1.Cl. The number of piperidine rings is 1. The zero-order chi connectivity index (χ0) is 11.4. The highest BCUT2D eigenvalue weighted by Crippen LogP contribution is 2.30. The highest BCUT2D eigenvalue weighted by molar-refractivity contribution is 5.85. The van der Waals surface area contributed by atoms with Gasteiger partial charge in [-0.15, -0.1) is 12.4 Å². The summed E-state index contributed by atoms with van der Waals surface area (Å²) in [4.78, 5) is 2.71. The first kappa shape index (κ1) is 15.3. The number of hydrogen-bond acceptors (Lipinski definition) is 2. The molecule has 2 aliphatic rings. The number of likely N-dealkylation sites (N-methyl/N-ethyl adjacent to an activating group) is 1. The summed E-state index contributed by atoms with van der Waals surface area (Å²) in [7, 11) is 2.11. The van der Waals surface area contributed by atoms with Gasteiger partial charge in [0.25, 0.3) is 0 Å². The van der Waals surface area contributed by atoms with Crippen LogP contribution in [0.2, 0.25) is 0 Å². The lowest BCUT2D eigenvalue weighted by Crippen LogP contribution is -2.46. The largest absolute Gasteiger partial charge is 0.316 e. The second-order valence-electron chi connectivity index (χ2n) is 5.91. The van der Waals surface area contributed by atoms with Crippen LogP contribution in [0.3, 0.4) is 0 Å². The Morgan fingerprint density at radius 3 is 2.59 bits per heavy atom. The molecule has 3 atom stereocenters. The van der Waals surface area contributed by atoms with Crippen LogP contribution in [-0.4, -0.2) is 37.6 Å². The Bertz CT molecular complexity index is 210. The van der Waals surface area contributed by atoms with Gasteiger partial charge in [0.2, 0.25) is 0 Å². The maximum atomic E-state index is 3.44. The van der Waals surface area contributed by atoms with Crippen LogP contribution in [0.5, 0.6) is 0 Å². The summed E-state index contributed by atoms with van der Waals surface area (Å²) in [6, 6.07) is 0.743. The van der Waals surface area contributed by atoms with E-state index in [9.17, 15) is 0 Å². The van der Waals surface area contributed by atoms with Crippen molar-refractivity contribution in [2.45, 2.75) is 51.5 Å². The lowest BCUT2D eigenvalue weighted by Gasteiger charge is -2.38. The molecular formula is C14H29ClN2. The molecule has 1 saturated carbocycles. The van der Waals surface area contributed by atoms with Crippen LogP contribution in [0.4, 0.5) is 0 Å². The number of rotatable bonds is 3. The molecule has 0 aromatic heterocycles. The first-order valence-corrected chi connectivity index (χ1v) is 7.19. The number of hydrogen-bond donors (Lipinski definition) is 1. The van der Waals surface area contributed by atoms with Crippen molar-refractivity contribution < 1.29 is 0 Å². The predicted octanol–water partition coefficient (Wildman–Crippen LogP) is 2.92. The molecule has 1 heterocycles. The Labute approximate surface area is 113 Å². The van der Waals surface area contributed by atoms with E-state index in [-0.39, 0.29) is 12.4 Å². The molecule has 0 aromatic rings. The molecule has 0 spiro atoms. The molecular weight excluding hydrogens is 232 g/mol. The van der Waals surface area contributed by atoms with E-state index in [4.69, 9.17) is 0 Å². The maximum Gasteiger partial charge on any atom is 0.0192 e. The maximum absolute atomic E-state index is 3.44. The van der Waals surface area contributed by atoms with Gasteiger partial charge in [-0.1, -0.05) is 26.2 Å². The van der Waals surface area contributed by atoms with Gasteiger partial charge in [-0.25, -0.2) is 0 Å². The number of halogens is 1. The number of nitrogens with zero attached hydrogens (tertiary/aromatic N) is 1. The molecule has 2 nitrogen and oxygen atoms in total. The van der Waals surface area contributed by atoms with Crippen molar-refractivity contribution in [2.24, 2.45) is 11.8 Å². The van der Waals surface area contributed by atoms with Gasteiger partial charge in [-0.05, 0) is 44.7 Å². The Kier molecular flexibility index (Phi) is 6.83. The van der Waals surface area contributed by atoms with Gasteiger partial charge in [-0.2, -0.15) is 0 Å². The fourth-order valence-corrected chi connectivity index (χ4v) is 3.45. The van der Waals surface area contributed by atoms with Gasteiger partial charge >= 0.3 is 0 Å². The molecule has 2 fully saturated rings. The fraction of sp³-hybridized carbons (Fsp3) is 1.00. The van der Waals surface area contributed by atoms with E-state index in [1.807, 2.05) is 0 Å². The molecule has 0 amide bonds. The monoisotopic (exact) mass is 260 g/mol. The van der Waals surface area contributed by atoms with Crippen LogP contribution < -0.4 is 5.32 Å². The van der Waals surface area contributed by atoms with Crippen molar-refractivity contribution >= 4 is 12.4 Å². The van der Waals surface area contributed by atoms with Crippen LogP contribution in [0.25, 0.3) is 0 Å². The summed E-state index contributed by atoms with van der Waals surface area (Å²) in [6.07, 6.45) is 8.63. The van der Waals surface area contributed by atoms with Crippen molar-refractivity contribution in [3.05, 3.63) is 0 Å². The zero-order valence-electron chi connectivity index (χ0n) is 11.5. The molecule has 0 bridgehead atoms. The molecule has 3 heteroatoms. The molecule has 1 N–H and O–H groups in total. The first-order chi connectivity index (χ1) is 7.79. The second-order valence-corrected chi connectivity index (χ2v) is 5.91. The Hall–Kier alpha value is 0.210. The molecule has 17 heavy (non-hydrogen) atoms. The third kappa shape index (κ3) is 4.42. The number of nitrogens with one attached hydrogen (secondary N) is 1. The van der Waals surface area contributed by atoms with Gasteiger partial charge < -0.3 is 10.2 Å². The van der Waals surface area contributed by atoms with E-state index in [1.165, 1.54) is 58.2 Å². The summed E-state index contributed by atoms with van der Waals surface area (Å²) in [5.41, 5.74) is 0. The van der Waals surface area contributed by atoms with Crippen LogP contribution in [0, 0.1) is 11.8 Å². The van der Waals surface area contributed by atoms with E-state index < -0.39 is 0 Å². The van der Waals surface area contributed by atoms with Gasteiger partial charge in [0.1, 0.15) is 0 Å². The third-order valence-corrected chi connectivity index (χ3v) is 4.70. The normalized spacial score (nSPS) is 35.3. The average molecular weight is 261 g/mol. The van der Waals surface area contributed by atoms with Gasteiger partial charge in [0.15, 0.2) is 0 Å². The van der Waals surface area contributed by atoms with Crippen molar-refractivity contribution in [3.8, 4) is 0 Å². The summed E-state index contributed by atoms with van der Waals surface area (Å²) in [6.45, 7) is 6.43. The van der Waals surface area contributed by atoms with Crippen LogP contribution >= 0.6 is 12.4 Å². The van der Waals surface area contributed by atoms with E-state index in [0.29, 0.717) is 0 Å². The quantitative estimate of drug-likeness (QED) is 0.840. The molecule has 0 radical (unpaired) electrons. The smallest absolute Gasteiger partial charge is 0.0192 e. The lowest BCUT2D eigenvalue weighted by atomic mass is 9.80. The van der Waals surface area contributed by atoms with Crippen molar-refractivity contribution in [2.75, 3.05) is 26.7 Å². The molecule has 0 aromatic carbocycles. The topological polar surface area (TPSA) is 15.3 Å². The fourth-order valence-electron chi connectivity index (χ4n) is 3.45. The van der Waals surface area contributed by atoms with E-state index in [2.05, 4.69) is 24.2 Å². The average Bonchev–Trinajstić information content (AvgIpc) is 2.32. The van der Waals surface area contributed by atoms with Gasteiger partial charge in [0, 0.05) is 19.1 Å². The summed E-state index contributed by atoms with van der Waals surface area (Å²) >= 11 is 0. The number of likely N-dealkylation sites (tertiary alicyclic amines) is 1. The lowest BCUT2D eigenvalue weighted by molar-refractivity contribution is 0.127. The van der Waals surface area contributed by atoms with Crippen LogP contribution in [0.15, 0.2) is 0 Å². The highest BCUT2D eigenvalue weighted by Gasteiger charge is 2.26. The van der Waals surface area contributed by atoms with Crippen LogP contribution in [0.1, 0.15) is 45.4 Å². The highest BCUT2D eigenvalue weighted by atomic mass is 35.5. The summed E-state index contributed by atoms with van der Waals surface area (Å²) < 4.78 is 0. The predicted molar refractivity (Wildman–Crippen MR) is 76.9 cm³/mol. The Balaban J connectivity index is 0.00000144. The van der Waals surface area contributed by atoms with E-state index >= 15 is 0 Å². The van der Waals surface area contributed by atoms with Crippen molar-refractivity contribution in [3.63, 3.8) is 0 Å². The minimum atomic E-state index is 0. The molecule has 1 aliphatic carbocycles.